The van der Waals surface area contributed by atoms with Gasteiger partial charge in [-0.3, -0.25) is 0 Å². The van der Waals surface area contributed by atoms with Gasteiger partial charge in [-0.1, -0.05) is 12.1 Å². The minimum absolute atomic E-state index is 0.335. The zero-order chi connectivity index (χ0) is 16.8. The average Bonchev–Trinajstić information content (AvgIpc) is 3.10. The molecular formula is C17H23N5OS. The van der Waals surface area contributed by atoms with Crippen LogP contribution in [0.15, 0.2) is 28.9 Å². The minimum atomic E-state index is 0.335. The SMILES string of the molecule is CCc1nc(CO/N=C(\N)c2ccnc(N3CCCCC3)c2)cs1. The quantitative estimate of drug-likeness (QED) is 0.495. The van der Waals surface area contributed by atoms with Gasteiger partial charge < -0.3 is 15.5 Å². The fourth-order valence-electron chi connectivity index (χ4n) is 2.67. The maximum absolute atomic E-state index is 6.05. The van der Waals surface area contributed by atoms with Crippen LogP contribution in [0.3, 0.4) is 0 Å². The Balaban J connectivity index is 1.62. The van der Waals surface area contributed by atoms with Crippen molar-refractivity contribution in [1.29, 1.82) is 0 Å². The Morgan fingerprint density at radius 3 is 2.96 bits per heavy atom. The number of thiazole rings is 1. The maximum atomic E-state index is 6.05. The Morgan fingerprint density at radius 1 is 1.38 bits per heavy atom. The number of aryl methyl sites for hydroxylation is 1. The van der Waals surface area contributed by atoms with E-state index in [-0.39, 0.29) is 0 Å². The largest absolute Gasteiger partial charge is 0.388 e. The minimum Gasteiger partial charge on any atom is -0.388 e. The molecule has 0 amide bonds. The molecule has 6 nitrogen and oxygen atoms in total. The Kier molecular flexibility index (Phi) is 5.63. The zero-order valence-electron chi connectivity index (χ0n) is 13.9. The van der Waals surface area contributed by atoms with Crippen molar-refractivity contribution in [3.63, 3.8) is 0 Å². The molecule has 1 saturated heterocycles. The lowest BCUT2D eigenvalue weighted by atomic mass is 10.1. The van der Waals surface area contributed by atoms with E-state index in [0.29, 0.717) is 12.4 Å². The molecule has 1 fully saturated rings. The number of anilines is 1. The van der Waals surface area contributed by atoms with Gasteiger partial charge in [0.15, 0.2) is 12.4 Å². The van der Waals surface area contributed by atoms with Crippen LogP contribution in [0.25, 0.3) is 0 Å². The fraction of sp³-hybridized carbons (Fsp3) is 0.471. The summed E-state index contributed by atoms with van der Waals surface area (Å²) >= 11 is 1.64. The molecule has 2 aromatic rings. The molecule has 1 aliphatic heterocycles. The van der Waals surface area contributed by atoms with Crippen molar-refractivity contribution in [2.45, 2.75) is 39.2 Å². The van der Waals surface area contributed by atoms with E-state index in [1.54, 1.807) is 17.5 Å². The van der Waals surface area contributed by atoms with Crippen molar-refractivity contribution >= 4 is 23.0 Å². The number of aromatic nitrogens is 2. The number of rotatable bonds is 6. The molecule has 2 N–H and O–H groups in total. The van der Waals surface area contributed by atoms with Crippen molar-refractivity contribution in [1.82, 2.24) is 9.97 Å². The van der Waals surface area contributed by atoms with Crippen LogP contribution in [0, 0.1) is 0 Å². The summed E-state index contributed by atoms with van der Waals surface area (Å²) < 4.78 is 0. The van der Waals surface area contributed by atoms with Gasteiger partial charge in [-0.15, -0.1) is 11.3 Å². The summed E-state index contributed by atoms with van der Waals surface area (Å²) in [6, 6.07) is 3.83. The summed E-state index contributed by atoms with van der Waals surface area (Å²) in [5.41, 5.74) is 7.77. The number of hydrogen-bond acceptors (Lipinski definition) is 6. The first-order chi connectivity index (χ1) is 11.8. The molecule has 0 aromatic carbocycles. The van der Waals surface area contributed by atoms with Crippen LogP contribution in [0.4, 0.5) is 5.82 Å². The van der Waals surface area contributed by atoms with Crippen LogP contribution in [-0.2, 0) is 17.9 Å². The van der Waals surface area contributed by atoms with Gasteiger partial charge in [0.05, 0.1) is 10.7 Å². The molecule has 24 heavy (non-hydrogen) atoms. The van der Waals surface area contributed by atoms with Gasteiger partial charge in [-0.2, -0.15) is 0 Å². The lowest BCUT2D eigenvalue weighted by molar-refractivity contribution is 0.128. The molecule has 0 atom stereocenters. The van der Waals surface area contributed by atoms with E-state index >= 15 is 0 Å². The summed E-state index contributed by atoms with van der Waals surface area (Å²) in [7, 11) is 0. The molecule has 0 unspecified atom stereocenters. The van der Waals surface area contributed by atoms with Crippen LogP contribution < -0.4 is 10.6 Å². The van der Waals surface area contributed by atoms with E-state index in [9.17, 15) is 0 Å². The highest BCUT2D eigenvalue weighted by molar-refractivity contribution is 7.09. The monoisotopic (exact) mass is 345 g/mol. The van der Waals surface area contributed by atoms with E-state index < -0.39 is 0 Å². The molecule has 3 heterocycles. The average molecular weight is 345 g/mol. The second kappa shape index (κ2) is 8.10. The second-order valence-corrected chi connectivity index (χ2v) is 6.73. The number of nitrogens with two attached hydrogens (primary N) is 1. The maximum Gasteiger partial charge on any atom is 0.170 e. The standard InChI is InChI=1S/C17H23N5OS/c1-2-16-20-14(12-24-16)11-23-21-17(18)13-6-7-19-15(10-13)22-8-4-3-5-9-22/h6-7,10,12H,2-5,8-9,11H2,1H3,(H2,18,21). The number of nitrogens with zero attached hydrogens (tertiary/aromatic N) is 4. The van der Waals surface area contributed by atoms with Crippen LogP contribution >= 0.6 is 11.3 Å². The summed E-state index contributed by atoms with van der Waals surface area (Å²) in [5.74, 6) is 1.32. The van der Waals surface area contributed by atoms with Crippen molar-refractivity contribution < 1.29 is 4.84 Å². The van der Waals surface area contributed by atoms with Crippen LogP contribution in [0.2, 0.25) is 0 Å². The lowest BCUT2D eigenvalue weighted by Crippen LogP contribution is -2.30. The lowest BCUT2D eigenvalue weighted by Gasteiger charge is -2.27. The van der Waals surface area contributed by atoms with Gasteiger partial charge in [0.25, 0.3) is 0 Å². The highest BCUT2D eigenvalue weighted by Crippen LogP contribution is 2.18. The third kappa shape index (κ3) is 4.23. The normalized spacial score (nSPS) is 15.5. The summed E-state index contributed by atoms with van der Waals surface area (Å²) in [6.07, 6.45) is 6.43. The summed E-state index contributed by atoms with van der Waals surface area (Å²) in [6.45, 7) is 4.52. The molecule has 3 rings (SSSR count). The smallest absolute Gasteiger partial charge is 0.170 e. The molecule has 2 aromatic heterocycles. The third-order valence-corrected chi connectivity index (χ3v) is 5.04. The number of piperidine rings is 1. The molecule has 0 radical (unpaired) electrons. The number of hydrogen-bond donors (Lipinski definition) is 1. The van der Waals surface area contributed by atoms with Crippen molar-refractivity contribution in [3.05, 3.63) is 40.0 Å². The van der Waals surface area contributed by atoms with Crippen molar-refractivity contribution in [3.8, 4) is 0 Å². The van der Waals surface area contributed by atoms with Gasteiger partial charge in [-0.25, -0.2) is 9.97 Å². The van der Waals surface area contributed by atoms with E-state index in [1.165, 1.54) is 19.3 Å². The number of amidine groups is 1. The van der Waals surface area contributed by atoms with Crippen LogP contribution in [0.1, 0.15) is 42.5 Å². The van der Waals surface area contributed by atoms with Gasteiger partial charge in [0, 0.05) is 30.2 Å². The fourth-order valence-corrected chi connectivity index (χ4v) is 3.40. The molecule has 7 heteroatoms. The molecule has 0 bridgehead atoms. The second-order valence-electron chi connectivity index (χ2n) is 5.79. The molecule has 1 aliphatic rings. The molecular weight excluding hydrogens is 322 g/mol. The van der Waals surface area contributed by atoms with E-state index in [1.807, 2.05) is 17.5 Å². The first-order valence-corrected chi connectivity index (χ1v) is 9.24. The number of pyridine rings is 1. The van der Waals surface area contributed by atoms with E-state index in [4.69, 9.17) is 10.6 Å². The number of oxime groups is 1. The Labute approximate surface area is 146 Å². The molecule has 128 valence electrons. The topological polar surface area (TPSA) is 76.6 Å². The van der Waals surface area contributed by atoms with Gasteiger partial charge >= 0.3 is 0 Å². The third-order valence-electron chi connectivity index (χ3n) is 4.00. The zero-order valence-corrected chi connectivity index (χ0v) is 14.8. The molecule has 0 aliphatic carbocycles. The van der Waals surface area contributed by atoms with Crippen LogP contribution in [-0.4, -0.2) is 28.9 Å². The first kappa shape index (κ1) is 16.7. The van der Waals surface area contributed by atoms with E-state index in [0.717, 1.165) is 41.6 Å². The van der Waals surface area contributed by atoms with E-state index in [2.05, 4.69) is 26.9 Å². The first-order valence-electron chi connectivity index (χ1n) is 8.36. The van der Waals surface area contributed by atoms with Gasteiger partial charge in [0.1, 0.15) is 5.82 Å². The Morgan fingerprint density at radius 2 is 2.21 bits per heavy atom. The highest BCUT2D eigenvalue weighted by atomic mass is 32.1. The Bertz CT molecular complexity index is 694. The predicted octanol–water partition coefficient (Wildman–Crippen LogP) is 2.93. The molecule has 0 saturated carbocycles. The van der Waals surface area contributed by atoms with Gasteiger partial charge in [-0.05, 0) is 37.8 Å². The van der Waals surface area contributed by atoms with Crippen LogP contribution in [0.5, 0.6) is 0 Å². The predicted molar refractivity (Wildman–Crippen MR) is 97.3 cm³/mol. The van der Waals surface area contributed by atoms with Crippen molar-refractivity contribution in [2.24, 2.45) is 10.9 Å². The Hall–Kier alpha value is -2.15. The summed E-state index contributed by atoms with van der Waals surface area (Å²) in [4.78, 5) is 16.5. The highest BCUT2D eigenvalue weighted by Gasteiger charge is 2.13. The van der Waals surface area contributed by atoms with Gasteiger partial charge in [0.2, 0.25) is 0 Å². The summed E-state index contributed by atoms with van der Waals surface area (Å²) in [5, 5.41) is 7.12. The molecule has 0 spiro atoms. The van der Waals surface area contributed by atoms with Crippen molar-refractivity contribution in [2.75, 3.05) is 18.0 Å².